The molecule has 290 valence electrons. The van der Waals surface area contributed by atoms with Crippen LogP contribution in [0.25, 0.3) is 0 Å². The number of aromatic nitrogens is 2. The van der Waals surface area contributed by atoms with Gasteiger partial charge in [0.1, 0.15) is 0 Å². The number of fused-ring (bicyclic) bond motifs is 1. The van der Waals surface area contributed by atoms with Crippen molar-refractivity contribution in [3.05, 3.63) is 76.1 Å². The summed E-state index contributed by atoms with van der Waals surface area (Å²) in [4.78, 5) is 36.9. The van der Waals surface area contributed by atoms with Gasteiger partial charge in [-0.15, -0.1) is 0 Å². The second kappa shape index (κ2) is 16.8. The maximum Gasteiger partial charge on any atom is 0.533 e. The summed E-state index contributed by atoms with van der Waals surface area (Å²) < 4.78 is 134. The van der Waals surface area contributed by atoms with E-state index in [9.17, 15) is 49.1 Å². The van der Waals surface area contributed by atoms with Crippen molar-refractivity contribution < 1.29 is 68.5 Å². The Labute approximate surface area is 297 Å². The van der Waals surface area contributed by atoms with Crippen LogP contribution >= 0.6 is 0 Å². The number of unbranched alkanes of at least 4 members (excludes halogenated alkanes) is 2. The fourth-order valence-corrected chi connectivity index (χ4v) is 5.65. The summed E-state index contributed by atoms with van der Waals surface area (Å²) >= 11 is 0. The molecule has 0 spiro atoms. The average molecular weight is 767 g/mol. The Kier molecular flexibility index (Phi) is 12.9. The zero-order valence-corrected chi connectivity index (χ0v) is 28.3. The number of carbonyl (C=O) groups excluding carboxylic acids is 1. The average Bonchev–Trinajstić information content (AvgIpc) is 3.06. The quantitative estimate of drug-likeness (QED) is 0.0932. The summed E-state index contributed by atoms with van der Waals surface area (Å²) in [6.45, 7) is 3.22. The molecule has 2 heterocycles. The Balaban J connectivity index is 1.74. The topological polar surface area (TPSA) is 123 Å². The summed E-state index contributed by atoms with van der Waals surface area (Å²) in [5, 5.41) is 12.9. The van der Waals surface area contributed by atoms with Crippen LogP contribution in [0.4, 0.5) is 55.9 Å². The van der Waals surface area contributed by atoms with Gasteiger partial charge in [0, 0.05) is 18.4 Å². The number of alkyl halides is 9. The zero-order chi connectivity index (χ0) is 39.1. The molecule has 1 aliphatic rings. The van der Waals surface area contributed by atoms with E-state index in [0.717, 1.165) is 29.5 Å². The number of rotatable bonds is 14. The van der Waals surface area contributed by atoms with Gasteiger partial charge in [-0.2, -0.15) is 44.6 Å². The van der Waals surface area contributed by atoms with E-state index in [4.69, 9.17) is 19.4 Å². The molecule has 0 bridgehead atoms. The summed E-state index contributed by atoms with van der Waals surface area (Å²) in [6.07, 6.45) is -14.2. The standard InChI is InChI=1S/C34H35F9N4O6/c1-3-23-17-25(24-16-20(32(35,36)37)9-10-27(24)47(23)53-31(50)51-4-2)45-30-44-18-28(52-11-7-5-6-8-29(48)49)26(46-30)14-19-12-21(33(38,39)40)15-22(13-19)34(41,42)43/h9-10,12-13,15-16,18,23,25H,3-8,11,14,17H2,1-2H3,(H,48,49)(H,44,45,46)/t23-,25+/m1/s1. The van der Waals surface area contributed by atoms with Gasteiger partial charge in [-0.05, 0) is 81.0 Å². The predicted octanol–water partition coefficient (Wildman–Crippen LogP) is 9.38. The van der Waals surface area contributed by atoms with Gasteiger partial charge in [0.25, 0.3) is 0 Å². The molecule has 0 fully saturated rings. The first-order valence-corrected chi connectivity index (χ1v) is 16.4. The molecule has 1 aliphatic heterocycles. The maximum atomic E-state index is 13.8. The molecular weight excluding hydrogens is 731 g/mol. The number of hydrogen-bond acceptors (Lipinski definition) is 9. The number of anilines is 2. The fraction of sp³-hybridized carbons (Fsp3) is 0.471. The normalized spacial score (nSPS) is 16.2. The molecule has 4 rings (SSSR count). The Morgan fingerprint density at radius 2 is 1.57 bits per heavy atom. The van der Waals surface area contributed by atoms with Crippen LogP contribution in [0.3, 0.4) is 0 Å². The van der Waals surface area contributed by atoms with Crippen LogP contribution in [-0.4, -0.2) is 46.5 Å². The highest BCUT2D eigenvalue weighted by molar-refractivity contribution is 5.67. The van der Waals surface area contributed by atoms with Crippen molar-refractivity contribution in [2.45, 2.75) is 89.4 Å². The lowest BCUT2D eigenvalue weighted by atomic mass is 9.90. The fourth-order valence-electron chi connectivity index (χ4n) is 5.65. The minimum absolute atomic E-state index is 0.0141. The molecule has 0 radical (unpaired) electrons. The van der Waals surface area contributed by atoms with Crippen LogP contribution in [0.15, 0.2) is 42.6 Å². The molecule has 19 heteroatoms. The summed E-state index contributed by atoms with van der Waals surface area (Å²) in [7, 11) is 0. The number of carboxylic acids is 1. The molecule has 0 saturated heterocycles. The zero-order valence-electron chi connectivity index (χ0n) is 28.3. The van der Waals surface area contributed by atoms with E-state index in [1.807, 2.05) is 0 Å². The molecule has 0 unspecified atom stereocenters. The second-order valence-corrected chi connectivity index (χ2v) is 12.0. The molecule has 0 amide bonds. The molecule has 10 nitrogen and oxygen atoms in total. The van der Waals surface area contributed by atoms with Gasteiger partial charge >= 0.3 is 30.7 Å². The second-order valence-electron chi connectivity index (χ2n) is 12.0. The van der Waals surface area contributed by atoms with Crippen molar-refractivity contribution >= 4 is 23.8 Å². The van der Waals surface area contributed by atoms with Gasteiger partial charge in [0.05, 0.1) is 59.6 Å². The first-order valence-electron chi connectivity index (χ1n) is 16.4. The number of halogens is 9. The maximum absolute atomic E-state index is 13.8. The van der Waals surface area contributed by atoms with Crippen LogP contribution in [0.2, 0.25) is 0 Å². The monoisotopic (exact) mass is 766 g/mol. The van der Waals surface area contributed by atoms with Gasteiger partial charge in [-0.1, -0.05) is 6.92 Å². The molecule has 2 N–H and O–H groups in total. The van der Waals surface area contributed by atoms with E-state index in [2.05, 4.69) is 15.3 Å². The molecule has 0 aliphatic carbocycles. The number of nitrogens with zero attached hydrogens (tertiary/aromatic N) is 3. The van der Waals surface area contributed by atoms with E-state index in [1.165, 1.54) is 6.92 Å². The third-order valence-corrected chi connectivity index (χ3v) is 8.16. The lowest BCUT2D eigenvalue weighted by Gasteiger charge is -2.40. The van der Waals surface area contributed by atoms with Crippen LogP contribution in [0.1, 0.15) is 91.9 Å². The number of nitrogens with one attached hydrogen (secondary N) is 1. The highest BCUT2D eigenvalue weighted by atomic mass is 19.4. The number of aliphatic carboxylic acids is 1. The van der Waals surface area contributed by atoms with Crippen molar-refractivity contribution in [1.82, 2.24) is 9.97 Å². The number of hydroxylamine groups is 1. The summed E-state index contributed by atoms with van der Waals surface area (Å²) in [5.74, 6) is -1.33. The Morgan fingerprint density at radius 3 is 2.15 bits per heavy atom. The van der Waals surface area contributed by atoms with Crippen LogP contribution < -0.4 is 15.1 Å². The molecule has 53 heavy (non-hydrogen) atoms. The molecule has 2 atom stereocenters. The van der Waals surface area contributed by atoms with Gasteiger partial charge < -0.3 is 24.7 Å². The van der Waals surface area contributed by atoms with Crippen molar-refractivity contribution in [3.8, 4) is 5.75 Å². The molecule has 3 aromatic rings. The molecular formula is C34H35F9N4O6. The minimum Gasteiger partial charge on any atom is -0.490 e. The summed E-state index contributed by atoms with van der Waals surface area (Å²) in [5.41, 5.74) is -4.56. The molecule has 0 saturated carbocycles. The van der Waals surface area contributed by atoms with Gasteiger partial charge in [0.15, 0.2) is 5.75 Å². The van der Waals surface area contributed by atoms with Crippen molar-refractivity contribution in [1.29, 1.82) is 0 Å². The highest BCUT2D eigenvalue weighted by Crippen LogP contribution is 2.43. The van der Waals surface area contributed by atoms with E-state index >= 15 is 0 Å². The Bertz CT molecular complexity index is 1720. The highest BCUT2D eigenvalue weighted by Gasteiger charge is 2.39. The first kappa shape index (κ1) is 40.8. The Morgan fingerprint density at radius 1 is 0.906 bits per heavy atom. The first-order chi connectivity index (χ1) is 24.8. The molecule has 2 aromatic carbocycles. The van der Waals surface area contributed by atoms with Crippen molar-refractivity contribution in [3.63, 3.8) is 0 Å². The van der Waals surface area contributed by atoms with Gasteiger partial charge in [-0.3, -0.25) is 4.79 Å². The number of ether oxygens (including phenoxy) is 2. The Hall–Kier alpha value is -4.97. The summed E-state index contributed by atoms with van der Waals surface area (Å²) in [6, 6.07) is 2.29. The molecule has 1 aromatic heterocycles. The van der Waals surface area contributed by atoms with Crippen molar-refractivity contribution in [2.75, 3.05) is 23.6 Å². The third kappa shape index (κ3) is 11.0. The largest absolute Gasteiger partial charge is 0.533 e. The predicted molar refractivity (Wildman–Crippen MR) is 170 cm³/mol. The van der Waals surface area contributed by atoms with Gasteiger partial charge in [0.2, 0.25) is 5.95 Å². The van der Waals surface area contributed by atoms with E-state index < -0.39 is 71.4 Å². The number of carboxylic acid groups (broad SMARTS) is 1. The van der Waals surface area contributed by atoms with Crippen LogP contribution in [0.5, 0.6) is 5.75 Å². The number of carbonyl (C=O) groups is 2. The van der Waals surface area contributed by atoms with E-state index in [1.54, 1.807) is 6.92 Å². The lowest BCUT2D eigenvalue weighted by molar-refractivity contribution is -0.143. The van der Waals surface area contributed by atoms with Crippen molar-refractivity contribution in [2.24, 2.45) is 0 Å². The minimum atomic E-state index is -5.12. The third-order valence-electron chi connectivity index (χ3n) is 8.16. The number of benzene rings is 2. The smallest absolute Gasteiger partial charge is 0.490 e. The number of hydrogen-bond donors (Lipinski definition) is 2. The van der Waals surface area contributed by atoms with Crippen LogP contribution in [0, 0.1) is 0 Å². The van der Waals surface area contributed by atoms with E-state index in [-0.39, 0.29) is 60.8 Å². The SMILES string of the molecule is CCOC(=O)ON1c2ccc(C(F)(F)F)cc2[C@@H](Nc2ncc(OCCCCCC(=O)O)c(Cc3cc(C(F)(F)F)cc(C(F)(F)F)c3)n2)C[C@H]1CC. The van der Waals surface area contributed by atoms with E-state index in [0.29, 0.717) is 37.8 Å². The lowest BCUT2D eigenvalue weighted by Crippen LogP contribution is -2.43. The van der Waals surface area contributed by atoms with Gasteiger partial charge in [-0.25, -0.2) is 14.8 Å². The van der Waals surface area contributed by atoms with Crippen LogP contribution in [-0.2, 0) is 39.3 Å².